The first-order chi connectivity index (χ1) is 12.3. The van der Waals surface area contributed by atoms with Crippen LogP contribution >= 0.6 is 0 Å². The van der Waals surface area contributed by atoms with E-state index in [9.17, 15) is 9.59 Å². The molecule has 0 spiro atoms. The van der Waals surface area contributed by atoms with E-state index in [1.165, 1.54) is 7.11 Å². The van der Waals surface area contributed by atoms with Gasteiger partial charge < -0.3 is 19.5 Å². The van der Waals surface area contributed by atoms with Crippen molar-refractivity contribution in [2.45, 2.75) is 32.9 Å². The molecule has 0 radical (unpaired) electrons. The smallest absolute Gasteiger partial charge is 0.407 e. The van der Waals surface area contributed by atoms with Crippen LogP contribution in [0, 0.1) is 0 Å². The van der Waals surface area contributed by atoms with Crippen LogP contribution in [0.2, 0.25) is 0 Å². The number of ether oxygens (including phenoxy) is 3. The normalized spacial score (nSPS) is 10.8. The molecule has 0 saturated heterocycles. The molecule has 0 aromatic heterocycles. The number of esters is 1. The maximum absolute atomic E-state index is 11.7. The predicted molar refractivity (Wildman–Crippen MR) is 97.4 cm³/mol. The van der Waals surface area contributed by atoms with Crippen LogP contribution in [0.15, 0.2) is 48.5 Å². The predicted octanol–water partition coefficient (Wildman–Crippen LogP) is 4.29. The van der Waals surface area contributed by atoms with Crippen molar-refractivity contribution in [3.63, 3.8) is 0 Å². The minimum Gasteiger partial charge on any atom is -0.465 e. The van der Waals surface area contributed by atoms with E-state index < -0.39 is 17.7 Å². The van der Waals surface area contributed by atoms with E-state index in [2.05, 4.69) is 10.1 Å². The molecule has 1 amide bonds. The van der Waals surface area contributed by atoms with Gasteiger partial charge in [0.25, 0.3) is 0 Å². The van der Waals surface area contributed by atoms with Crippen LogP contribution in [0.4, 0.5) is 4.79 Å². The molecule has 0 unspecified atom stereocenters. The average molecular weight is 357 g/mol. The highest BCUT2D eigenvalue weighted by Gasteiger charge is 2.15. The summed E-state index contributed by atoms with van der Waals surface area (Å²) in [5, 5.41) is 2.70. The molecule has 138 valence electrons. The molecule has 0 saturated carbocycles. The molecule has 0 fully saturated rings. The van der Waals surface area contributed by atoms with Gasteiger partial charge in [0.05, 0.1) is 12.7 Å². The maximum atomic E-state index is 11.7. The van der Waals surface area contributed by atoms with Crippen LogP contribution in [0.3, 0.4) is 0 Å². The van der Waals surface area contributed by atoms with Gasteiger partial charge >= 0.3 is 12.1 Å². The topological polar surface area (TPSA) is 73.9 Å². The van der Waals surface area contributed by atoms with Crippen molar-refractivity contribution in [3.8, 4) is 11.5 Å². The molecule has 0 atom stereocenters. The molecule has 6 heteroatoms. The fraction of sp³-hybridized carbons (Fsp3) is 0.300. The third-order valence-corrected chi connectivity index (χ3v) is 3.25. The van der Waals surface area contributed by atoms with E-state index in [1.807, 2.05) is 45.0 Å². The number of carbonyl (C=O) groups excluding carboxylic acids is 2. The van der Waals surface area contributed by atoms with Crippen LogP contribution in [0.1, 0.15) is 36.7 Å². The van der Waals surface area contributed by atoms with Gasteiger partial charge in [0.2, 0.25) is 0 Å². The first-order valence-corrected chi connectivity index (χ1v) is 8.19. The lowest BCUT2D eigenvalue weighted by atomic mass is 10.2. The summed E-state index contributed by atoms with van der Waals surface area (Å²) in [6.07, 6.45) is -0.470. The first-order valence-electron chi connectivity index (χ1n) is 8.19. The van der Waals surface area contributed by atoms with Crippen LogP contribution in [-0.2, 0) is 16.0 Å². The summed E-state index contributed by atoms with van der Waals surface area (Å²) < 4.78 is 15.6. The number of amides is 1. The fourth-order valence-corrected chi connectivity index (χ4v) is 2.12. The summed E-state index contributed by atoms with van der Waals surface area (Å²) >= 11 is 0. The number of benzene rings is 2. The lowest BCUT2D eigenvalue weighted by molar-refractivity contribution is 0.0522. The summed E-state index contributed by atoms with van der Waals surface area (Å²) in [5.41, 5.74) is 0.792. The van der Waals surface area contributed by atoms with Crippen LogP contribution in [0.25, 0.3) is 0 Å². The second-order valence-electron chi connectivity index (χ2n) is 6.62. The molecule has 1 N–H and O–H groups in total. The molecular weight excluding hydrogens is 334 g/mol. The number of hydrogen-bond acceptors (Lipinski definition) is 5. The Hall–Kier alpha value is -3.02. The zero-order valence-electron chi connectivity index (χ0n) is 15.4. The molecular formula is C20H23NO5. The minimum atomic E-state index is -0.536. The highest BCUT2D eigenvalue weighted by molar-refractivity contribution is 5.89. The second kappa shape index (κ2) is 8.38. The zero-order chi connectivity index (χ0) is 19.2. The SMILES string of the molecule is COC(=O)c1ccc(Oc2cccc(CNC(=O)OC(C)(C)C)c2)cc1. The van der Waals surface area contributed by atoms with E-state index in [0.717, 1.165) is 5.56 Å². The van der Waals surface area contributed by atoms with Crippen LogP contribution in [-0.4, -0.2) is 24.8 Å². The summed E-state index contributed by atoms with van der Waals surface area (Å²) in [6.45, 7) is 5.76. The summed E-state index contributed by atoms with van der Waals surface area (Å²) in [7, 11) is 1.34. The number of nitrogens with one attached hydrogen (secondary N) is 1. The Morgan fingerprint density at radius 2 is 1.69 bits per heavy atom. The zero-order valence-corrected chi connectivity index (χ0v) is 15.4. The molecule has 26 heavy (non-hydrogen) atoms. The molecule has 2 aromatic rings. The van der Waals surface area contributed by atoms with Crippen molar-refractivity contribution < 1.29 is 23.8 Å². The van der Waals surface area contributed by atoms with Gasteiger partial charge in [0.15, 0.2) is 0 Å². The molecule has 2 rings (SSSR count). The van der Waals surface area contributed by atoms with E-state index in [4.69, 9.17) is 9.47 Å². The summed E-state index contributed by atoms with van der Waals surface area (Å²) in [6, 6.07) is 14.0. The highest BCUT2D eigenvalue weighted by Crippen LogP contribution is 2.23. The maximum Gasteiger partial charge on any atom is 0.407 e. The van der Waals surface area contributed by atoms with Gasteiger partial charge in [-0.15, -0.1) is 0 Å². The fourth-order valence-electron chi connectivity index (χ4n) is 2.12. The number of carbonyl (C=O) groups is 2. The Kier molecular flexibility index (Phi) is 6.22. The van der Waals surface area contributed by atoms with E-state index in [1.54, 1.807) is 24.3 Å². The largest absolute Gasteiger partial charge is 0.465 e. The van der Waals surface area contributed by atoms with Crippen molar-refractivity contribution in [2.75, 3.05) is 7.11 Å². The highest BCUT2D eigenvalue weighted by atomic mass is 16.6. The molecule has 2 aromatic carbocycles. The third kappa shape index (κ3) is 6.12. The lowest BCUT2D eigenvalue weighted by Gasteiger charge is -2.19. The first kappa shape index (κ1) is 19.3. The Morgan fingerprint density at radius 1 is 1.00 bits per heavy atom. The molecule has 0 heterocycles. The third-order valence-electron chi connectivity index (χ3n) is 3.25. The van der Waals surface area contributed by atoms with Crippen molar-refractivity contribution >= 4 is 12.1 Å². The van der Waals surface area contributed by atoms with Gasteiger partial charge in [-0.3, -0.25) is 0 Å². The van der Waals surface area contributed by atoms with Gasteiger partial charge in [0.1, 0.15) is 17.1 Å². The monoisotopic (exact) mass is 357 g/mol. The van der Waals surface area contributed by atoms with E-state index in [-0.39, 0.29) is 0 Å². The Bertz CT molecular complexity index is 763. The number of methoxy groups -OCH3 is 1. The quantitative estimate of drug-likeness (QED) is 0.808. The molecule has 6 nitrogen and oxygen atoms in total. The molecule has 0 bridgehead atoms. The standard InChI is InChI=1S/C20H23NO5/c1-20(2,3)26-19(23)21-13-14-6-5-7-17(12-14)25-16-10-8-15(9-11-16)18(22)24-4/h5-12H,13H2,1-4H3,(H,21,23). The van der Waals surface area contributed by atoms with Gasteiger partial charge in [-0.05, 0) is 62.7 Å². The Morgan fingerprint density at radius 3 is 2.31 bits per heavy atom. The second-order valence-corrected chi connectivity index (χ2v) is 6.62. The Balaban J connectivity index is 1.96. The molecule has 0 aliphatic carbocycles. The van der Waals surface area contributed by atoms with Crippen molar-refractivity contribution in [1.82, 2.24) is 5.32 Å². The van der Waals surface area contributed by atoms with Gasteiger partial charge in [-0.25, -0.2) is 9.59 Å². The summed E-state index contributed by atoms with van der Waals surface area (Å²) in [4.78, 5) is 23.2. The summed E-state index contributed by atoms with van der Waals surface area (Å²) in [5.74, 6) is 0.820. The average Bonchev–Trinajstić information content (AvgIpc) is 2.59. The number of alkyl carbamates (subject to hydrolysis) is 1. The van der Waals surface area contributed by atoms with Crippen molar-refractivity contribution in [2.24, 2.45) is 0 Å². The number of hydrogen-bond donors (Lipinski definition) is 1. The van der Waals surface area contributed by atoms with E-state index >= 15 is 0 Å². The van der Waals surface area contributed by atoms with Gasteiger partial charge in [-0.2, -0.15) is 0 Å². The molecule has 0 aliphatic heterocycles. The lowest BCUT2D eigenvalue weighted by Crippen LogP contribution is -2.32. The van der Waals surface area contributed by atoms with Gasteiger partial charge in [0, 0.05) is 6.54 Å². The van der Waals surface area contributed by atoms with Gasteiger partial charge in [-0.1, -0.05) is 12.1 Å². The Labute approximate surface area is 153 Å². The van der Waals surface area contributed by atoms with Crippen molar-refractivity contribution in [1.29, 1.82) is 0 Å². The van der Waals surface area contributed by atoms with Crippen LogP contribution < -0.4 is 10.1 Å². The van der Waals surface area contributed by atoms with Crippen LogP contribution in [0.5, 0.6) is 11.5 Å². The molecule has 0 aliphatic rings. The van der Waals surface area contributed by atoms with E-state index in [0.29, 0.717) is 23.6 Å². The minimum absolute atomic E-state index is 0.327. The number of rotatable bonds is 5. The van der Waals surface area contributed by atoms with Crippen molar-refractivity contribution in [3.05, 3.63) is 59.7 Å².